The molecule has 1 heterocycles. The Bertz CT molecular complexity index is 1060. The monoisotopic (exact) mass is 444 g/mol. The molecule has 2 aliphatic rings. The first-order valence-electron chi connectivity index (χ1n) is 10.6. The van der Waals surface area contributed by atoms with E-state index in [0.717, 1.165) is 37.0 Å². The maximum absolute atomic E-state index is 12.4. The van der Waals surface area contributed by atoms with E-state index in [4.69, 9.17) is 9.47 Å². The molecule has 2 N–H and O–H groups in total. The van der Waals surface area contributed by atoms with Gasteiger partial charge < -0.3 is 20.1 Å². The molecule has 1 aliphatic heterocycles. The van der Waals surface area contributed by atoms with Crippen LogP contribution in [-0.2, 0) is 14.6 Å². The fraction of sp³-hybridized carbons (Fsp3) is 0.435. The van der Waals surface area contributed by atoms with Gasteiger partial charge in [0.1, 0.15) is 0 Å². The van der Waals surface area contributed by atoms with Crippen LogP contribution in [0.3, 0.4) is 0 Å². The summed E-state index contributed by atoms with van der Waals surface area (Å²) < 4.78 is 35.3. The molecule has 0 aromatic heterocycles. The highest BCUT2D eigenvalue weighted by molar-refractivity contribution is 7.90. The second-order valence-electron chi connectivity index (χ2n) is 8.33. The molecular weight excluding hydrogens is 416 g/mol. The van der Waals surface area contributed by atoms with Crippen LogP contribution in [0.15, 0.2) is 47.4 Å². The van der Waals surface area contributed by atoms with Crippen molar-refractivity contribution in [2.45, 2.75) is 55.8 Å². The van der Waals surface area contributed by atoms with Crippen molar-refractivity contribution in [3.63, 3.8) is 0 Å². The van der Waals surface area contributed by atoms with Gasteiger partial charge in [0.25, 0.3) is 5.79 Å². The van der Waals surface area contributed by atoms with Gasteiger partial charge in [-0.1, -0.05) is 18.6 Å². The molecule has 7 nitrogen and oxygen atoms in total. The molecule has 31 heavy (non-hydrogen) atoms. The lowest BCUT2D eigenvalue weighted by Crippen LogP contribution is -2.40. The summed E-state index contributed by atoms with van der Waals surface area (Å²) in [4.78, 5) is 12.7. The summed E-state index contributed by atoms with van der Waals surface area (Å²) >= 11 is 0. The minimum absolute atomic E-state index is 0.109. The average molecular weight is 445 g/mol. The largest absolute Gasteiger partial charge is 0.448 e. The number of hydrogen-bond donors (Lipinski definition) is 2. The number of carbonyl (C=O) groups excluding carboxylic acids is 1. The number of carbonyl (C=O) groups is 1. The van der Waals surface area contributed by atoms with Gasteiger partial charge in [-0.05, 0) is 49.6 Å². The Morgan fingerprint density at radius 2 is 1.71 bits per heavy atom. The van der Waals surface area contributed by atoms with Crippen molar-refractivity contribution in [3.05, 3.63) is 48.0 Å². The molecule has 0 unspecified atom stereocenters. The lowest BCUT2D eigenvalue weighted by atomic mass is 9.94. The summed E-state index contributed by atoms with van der Waals surface area (Å²) in [5.74, 6) is 0.689. The van der Waals surface area contributed by atoms with E-state index in [2.05, 4.69) is 10.6 Å². The van der Waals surface area contributed by atoms with Crippen molar-refractivity contribution < 1.29 is 22.7 Å². The molecule has 0 bridgehead atoms. The van der Waals surface area contributed by atoms with Gasteiger partial charge in [0.15, 0.2) is 21.3 Å². The fourth-order valence-corrected chi connectivity index (χ4v) is 4.67. The first kappa shape index (κ1) is 21.6. The zero-order valence-corrected chi connectivity index (χ0v) is 18.6. The molecule has 0 radical (unpaired) electrons. The summed E-state index contributed by atoms with van der Waals surface area (Å²) in [7, 11) is -3.22. The SMILES string of the molecule is C[C@@H](NCC(=O)Nc1ccc2c(c1)OC1(CCCCC1)O2)c1ccc(S(C)(=O)=O)cc1. The molecule has 1 aliphatic carbocycles. The van der Waals surface area contributed by atoms with Gasteiger partial charge in [-0.25, -0.2) is 8.42 Å². The van der Waals surface area contributed by atoms with Gasteiger partial charge in [-0.15, -0.1) is 0 Å². The number of fused-ring (bicyclic) bond motifs is 1. The van der Waals surface area contributed by atoms with E-state index in [1.807, 2.05) is 25.1 Å². The minimum Gasteiger partial charge on any atom is -0.448 e. The molecule has 1 atom stereocenters. The second kappa shape index (κ2) is 8.51. The highest BCUT2D eigenvalue weighted by Crippen LogP contribution is 2.46. The normalized spacial score (nSPS) is 18.0. The predicted octanol–water partition coefficient (Wildman–Crippen LogP) is 3.81. The maximum Gasteiger partial charge on any atom is 0.251 e. The molecule has 4 rings (SSSR count). The molecule has 0 saturated heterocycles. The van der Waals surface area contributed by atoms with Gasteiger partial charge in [0, 0.05) is 36.9 Å². The summed E-state index contributed by atoms with van der Waals surface area (Å²) in [6.07, 6.45) is 6.35. The quantitative estimate of drug-likeness (QED) is 0.704. The van der Waals surface area contributed by atoms with Crippen molar-refractivity contribution in [1.82, 2.24) is 5.32 Å². The third-order valence-electron chi connectivity index (χ3n) is 5.81. The summed E-state index contributed by atoms with van der Waals surface area (Å²) in [6, 6.07) is 12.0. The molecule has 1 fully saturated rings. The van der Waals surface area contributed by atoms with Crippen molar-refractivity contribution in [2.24, 2.45) is 0 Å². The zero-order chi connectivity index (χ0) is 22.1. The van der Waals surface area contributed by atoms with Crippen LogP contribution in [0.2, 0.25) is 0 Å². The molecule has 166 valence electrons. The number of sulfone groups is 1. The first-order valence-corrected chi connectivity index (χ1v) is 12.5. The Labute approximate surface area is 183 Å². The van der Waals surface area contributed by atoms with Crippen LogP contribution in [0.5, 0.6) is 11.5 Å². The van der Waals surface area contributed by atoms with Crippen LogP contribution in [-0.4, -0.2) is 32.9 Å². The van der Waals surface area contributed by atoms with Gasteiger partial charge in [-0.2, -0.15) is 0 Å². The lowest BCUT2D eigenvalue weighted by Gasteiger charge is -2.31. The van der Waals surface area contributed by atoms with Crippen LogP contribution in [0.25, 0.3) is 0 Å². The number of nitrogens with one attached hydrogen (secondary N) is 2. The Kier molecular flexibility index (Phi) is 5.94. The number of benzene rings is 2. The van der Waals surface area contributed by atoms with Gasteiger partial charge >= 0.3 is 0 Å². The molecule has 1 saturated carbocycles. The van der Waals surface area contributed by atoms with E-state index in [-0.39, 0.29) is 23.4 Å². The Morgan fingerprint density at radius 3 is 2.39 bits per heavy atom. The molecule has 2 aromatic carbocycles. The third-order valence-corrected chi connectivity index (χ3v) is 6.94. The zero-order valence-electron chi connectivity index (χ0n) is 17.8. The van der Waals surface area contributed by atoms with Crippen molar-refractivity contribution in [2.75, 3.05) is 18.1 Å². The van der Waals surface area contributed by atoms with Crippen LogP contribution in [0.1, 0.15) is 50.6 Å². The summed E-state index contributed by atoms with van der Waals surface area (Å²) in [6.45, 7) is 2.04. The van der Waals surface area contributed by atoms with Gasteiger partial charge in [-0.3, -0.25) is 4.79 Å². The van der Waals surface area contributed by atoms with E-state index in [9.17, 15) is 13.2 Å². The van der Waals surface area contributed by atoms with Crippen LogP contribution in [0, 0.1) is 0 Å². The summed E-state index contributed by atoms with van der Waals surface area (Å²) in [5, 5.41) is 6.04. The Hall–Kier alpha value is -2.58. The minimum atomic E-state index is -3.22. The highest BCUT2D eigenvalue weighted by atomic mass is 32.2. The van der Waals surface area contributed by atoms with E-state index in [1.54, 1.807) is 24.3 Å². The lowest BCUT2D eigenvalue weighted by molar-refractivity contribution is -0.115. The molecule has 2 aromatic rings. The van der Waals surface area contributed by atoms with E-state index < -0.39 is 15.6 Å². The Balaban J connectivity index is 1.31. The standard InChI is InChI=1S/C23H28N2O5S/c1-16(17-6-9-19(10-7-17)31(2,27)28)24-15-22(26)25-18-8-11-20-21(14-18)30-23(29-20)12-4-3-5-13-23/h6-11,14,16,24H,3-5,12-13,15H2,1-2H3,(H,25,26)/t16-/m1/s1. The molecular formula is C23H28N2O5S. The first-order chi connectivity index (χ1) is 14.7. The predicted molar refractivity (Wildman–Crippen MR) is 118 cm³/mol. The van der Waals surface area contributed by atoms with E-state index >= 15 is 0 Å². The summed E-state index contributed by atoms with van der Waals surface area (Å²) in [5.41, 5.74) is 1.56. The maximum atomic E-state index is 12.4. The smallest absolute Gasteiger partial charge is 0.251 e. The number of amides is 1. The van der Waals surface area contributed by atoms with Crippen LogP contribution < -0.4 is 20.1 Å². The average Bonchev–Trinajstić information content (AvgIpc) is 3.08. The second-order valence-corrected chi connectivity index (χ2v) is 10.3. The fourth-order valence-electron chi connectivity index (χ4n) is 4.04. The van der Waals surface area contributed by atoms with Crippen molar-refractivity contribution in [3.8, 4) is 11.5 Å². The van der Waals surface area contributed by atoms with Crippen molar-refractivity contribution in [1.29, 1.82) is 0 Å². The van der Waals surface area contributed by atoms with Crippen LogP contribution >= 0.6 is 0 Å². The van der Waals surface area contributed by atoms with Gasteiger partial charge in [0.2, 0.25) is 5.91 Å². The third kappa shape index (κ3) is 5.02. The topological polar surface area (TPSA) is 93.7 Å². The van der Waals surface area contributed by atoms with Crippen LogP contribution in [0.4, 0.5) is 5.69 Å². The number of anilines is 1. The molecule has 1 amide bonds. The van der Waals surface area contributed by atoms with Gasteiger partial charge in [0.05, 0.1) is 11.4 Å². The molecule has 1 spiro atoms. The van der Waals surface area contributed by atoms with E-state index in [0.29, 0.717) is 11.4 Å². The Morgan fingerprint density at radius 1 is 1.03 bits per heavy atom. The van der Waals surface area contributed by atoms with E-state index in [1.165, 1.54) is 12.7 Å². The number of ether oxygens (including phenoxy) is 2. The van der Waals surface area contributed by atoms with Crippen molar-refractivity contribution >= 4 is 21.4 Å². The highest BCUT2D eigenvalue weighted by Gasteiger charge is 2.42. The number of rotatable bonds is 6. The number of hydrogen-bond acceptors (Lipinski definition) is 6. The molecule has 8 heteroatoms.